The molecule has 0 saturated carbocycles. The smallest absolute Gasteiger partial charge is 0.269 e. The van der Waals surface area contributed by atoms with Gasteiger partial charge < -0.3 is 9.88 Å². The summed E-state index contributed by atoms with van der Waals surface area (Å²) in [5.74, 6) is -0.742. The van der Waals surface area contributed by atoms with E-state index in [2.05, 4.69) is 5.32 Å². The molecule has 0 aliphatic heterocycles. The molecular formula is C14H12ClFN2O2. The minimum Gasteiger partial charge on any atom is -0.348 e. The first-order valence-corrected chi connectivity index (χ1v) is 6.24. The molecule has 1 aromatic heterocycles. The molecule has 2 aromatic rings. The summed E-state index contributed by atoms with van der Waals surface area (Å²) in [5.41, 5.74) is 0.552. The van der Waals surface area contributed by atoms with Crippen LogP contribution in [0.15, 0.2) is 41.3 Å². The van der Waals surface area contributed by atoms with Crippen molar-refractivity contribution in [1.82, 2.24) is 9.88 Å². The second-order valence-electron chi connectivity index (χ2n) is 4.31. The third kappa shape index (κ3) is 3.24. The Bertz CT molecular complexity index is 686. The minimum atomic E-state index is -0.383. The van der Waals surface area contributed by atoms with Gasteiger partial charge in [-0.15, -0.1) is 0 Å². The van der Waals surface area contributed by atoms with E-state index < -0.39 is 0 Å². The van der Waals surface area contributed by atoms with Gasteiger partial charge in [-0.1, -0.05) is 23.7 Å². The van der Waals surface area contributed by atoms with E-state index in [0.717, 1.165) is 0 Å². The number of halogens is 2. The number of amides is 1. The Balaban J connectivity index is 2.11. The maximum Gasteiger partial charge on any atom is 0.269 e. The summed E-state index contributed by atoms with van der Waals surface area (Å²) in [6.45, 7) is 0.192. The van der Waals surface area contributed by atoms with Crippen LogP contribution < -0.4 is 10.9 Å². The SMILES string of the molecule is Cn1cc(C(=O)NCc2cccc(F)c2)cc(Cl)c1=O. The lowest BCUT2D eigenvalue weighted by Crippen LogP contribution is -2.26. The number of carbonyl (C=O) groups excluding carboxylic acids is 1. The first kappa shape index (κ1) is 14.3. The Kier molecular flexibility index (Phi) is 4.20. The summed E-state index contributed by atoms with van der Waals surface area (Å²) in [6.07, 6.45) is 1.40. The minimum absolute atomic E-state index is 0.0223. The van der Waals surface area contributed by atoms with Gasteiger partial charge in [-0.3, -0.25) is 9.59 Å². The van der Waals surface area contributed by atoms with Crippen molar-refractivity contribution in [3.63, 3.8) is 0 Å². The highest BCUT2D eigenvalue weighted by Gasteiger charge is 2.09. The summed E-state index contributed by atoms with van der Waals surface area (Å²) in [7, 11) is 1.51. The maximum absolute atomic E-state index is 13.0. The molecule has 104 valence electrons. The van der Waals surface area contributed by atoms with Crippen LogP contribution in [0.1, 0.15) is 15.9 Å². The zero-order chi connectivity index (χ0) is 14.7. The third-order valence-electron chi connectivity index (χ3n) is 2.74. The third-order valence-corrected chi connectivity index (χ3v) is 3.01. The molecule has 1 heterocycles. The molecular weight excluding hydrogens is 283 g/mol. The average Bonchev–Trinajstić information content (AvgIpc) is 2.41. The van der Waals surface area contributed by atoms with E-state index in [9.17, 15) is 14.0 Å². The standard InChI is InChI=1S/C14H12ClFN2O2/c1-18-8-10(6-12(15)14(18)20)13(19)17-7-9-3-2-4-11(16)5-9/h2-6,8H,7H2,1H3,(H,17,19). The van der Waals surface area contributed by atoms with Crippen molar-refractivity contribution < 1.29 is 9.18 Å². The topological polar surface area (TPSA) is 51.1 Å². The van der Waals surface area contributed by atoms with Gasteiger partial charge >= 0.3 is 0 Å². The summed E-state index contributed by atoms with van der Waals surface area (Å²) in [4.78, 5) is 23.4. The van der Waals surface area contributed by atoms with E-state index in [4.69, 9.17) is 11.6 Å². The van der Waals surface area contributed by atoms with Crippen LogP contribution in [0, 0.1) is 5.82 Å². The lowest BCUT2D eigenvalue weighted by molar-refractivity contribution is 0.0950. The zero-order valence-electron chi connectivity index (χ0n) is 10.7. The van der Waals surface area contributed by atoms with E-state index in [0.29, 0.717) is 5.56 Å². The van der Waals surface area contributed by atoms with Crippen LogP contribution in [-0.4, -0.2) is 10.5 Å². The molecule has 0 aliphatic rings. The number of nitrogens with zero attached hydrogens (tertiary/aromatic N) is 1. The number of benzene rings is 1. The van der Waals surface area contributed by atoms with E-state index >= 15 is 0 Å². The fourth-order valence-electron chi connectivity index (χ4n) is 1.73. The monoisotopic (exact) mass is 294 g/mol. The van der Waals surface area contributed by atoms with Gasteiger partial charge in [0.2, 0.25) is 0 Å². The highest BCUT2D eigenvalue weighted by molar-refractivity contribution is 6.30. The van der Waals surface area contributed by atoms with Gasteiger partial charge in [-0.05, 0) is 23.8 Å². The molecule has 6 heteroatoms. The highest BCUT2D eigenvalue weighted by atomic mass is 35.5. The molecule has 0 atom stereocenters. The average molecular weight is 295 g/mol. The quantitative estimate of drug-likeness (QED) is 0.942. The van der Waals surface area contributed by atoms with Gasteiger partial charge in [0.15, 0.2) is 0 Å². The van der Waals surface area contributed by atoms with Crippen molar-refractivity contribution >= 4 is 17.5 Å². The van der Waals surface area contributed by atoms with Crippen LogP contribution >= 0.6 is 11.6 Å². The predicted molar refractivity (Wildman–Crippen MR) is 74.3 cm³/mol. The molecule has 0 aliphatic carbocycles. The molecule has 0 radical (unpaired) electrons. The van der Waals surface area contributed by atoms with Crippen molar-refractivity contribution in [3.05, 3.63) is 68.8 Å². The van der Waals surface area contributed by atoms with Crippen LogP contribution in [0.3, 0.4) is 0 Å². The number of carbonyl (C=O) groups is 1. The van der Waals surface area contributed by atoms with Gasteiger partial charge in [-0.2, -0.15) is 0 Å². The Labute approximate surface area is 119 Å². The van der Waals surface area contributed by atoms with Crippen LogP contribution in [0.4, 0.5) is 4.39 Å². The van der Waals surface area contributed by atoms with Crippen molar-refractivity contribution in [3.8, 4) is 0 Å². The van der Waals surface area contributed by atoms with Gasteiger partial charge in [0.25, 0.3) is 11.5 Å². The lowest BCUT2D eigenvalue weighted by atomic mass is 10.2. The second-order valence-corrected chi connectivity index (χ2v) is 4.71. The van der Waals surface area contributed by atoms with Crippen LogP contribution in [0.25, 0.3) is 0 Å². The molecule has 20 heavy (non-hydrogen) atoms. The van der Waals surface area contributed by atoms with Crippen molar-refractivity contribution in [1.29, 1.82) is 0 Å². The molecule has 2 rings (SSSR count). The number of rotatable bonds is 3. The molecule has 0 fully saturated rings. The highest BCUT2D eigenvalue weighted by Crippen LogP contribution is 2.07. The first-order valence-electron chi connectivity index (χ1n) is 5.86. The predicted octanol–water partition coefficient (Wildman–Crippen LogP) is 2.11. The number of pyridine rings is 1. The fourth-order valence-corrected chi connectivity index (χ4v) is 1.98. The second kappa shape index (κ2) is 5.88. The summed E-state index contributed by atoms with van der Waals surface area (Å²) in [6, 6.07) is 7.26. The van der Waals surface area contributed by atoms with E-state index in [1.54, 1.807) is 12.1 Å². The van der Waals surface area contributed by atoms with Crippen molar-refractivity contribution in [2.24, 2.45) is 7.05 Å². The van der Waals surface area contributed by atoms with Crippen LogP contribution in [-0.2, 0) is 13.6 Å². The molecule has 4 nitrogen and oxygen atoms in total. The van der Waals surface area contributed by atoms with Gasteiger partial charge in [0.1, 0.15) is 10.8 Å². The Hall–Kier alpha value is -2.14. The largest absolute Gasteiger partial charge is 0.348 e. The molecule has 0 unspecified atom stereocenters. The van der Waals surface area contributed by atoms with Gasteiger partial charge in [0, 0.05) is 19.8 Å². The first-order chi connectivity index (χ1) is 9.47. The molecule has 0 spiro atoms. The molecule has 1 N–H and O–H groups in total. The van der Waals surface area contributed by atoms with Crippen molar-refractivity contribution in [2.75, 3.05) is 0 Å². The number of nitrogens with one attached hydrogen (secondary N) is 1. The van der Waals surface area contributed by atoms with E-state index in [1.807, 2.05) is 0 Å². The molecule has 0 saturated heterocycles. The molecule has 1 aromatic carbocycles. The number of hydrogen-bond acceptors (Lipinski definition) is 2. The van der Waals surface area contributed by atoms with Crippen LogP contribution in [0.5, 0.6) is 0 Å². The number of aromatic nitrogens is 1. The summed E-state index contributed by atoms with van der Waals surface area (Å²) in [5, 5.41) is 2.61. The Morgan fingerprint density at radius 3 is 2.80 bits per heavy atom. The summed E-state index contributed by atoms with van der Waals surface area (Å²) < 4.78 is 14.2. The Morgan fingerprint density at radius 2 is 2.15 bits per heavy atom. The number of hydrogen-bond donors (Lipinski definition) is 1. The van der Waals surface area contributed by atoms with E-state index in [-0.39, 0.29) is 34.4 Å². The zero-order valence-corrected chi connectivity index (χ0v) is 11.4. The van der Waals surface area contributed by atoms with Gasteiger partial charge in [-0.25, -0.2) is 4.39 Å². The van der Waals surface area contributed by atoms with E-state index in [1.165, 1.54) is 36.0 Å². The Morgan fingerprint density at radius 1 is 1.40 bits per heavy atom. The summed E-state index contributed by atoms with van der Waals surface area (Å²) >= 11 is 5.74. The maximum atomic E-state index is 13.0. The van der Waals surface area contributed by atoms with Crippen molar-refractivity contribution in [2.45, 2.75) is 6.54 Å². The van der Waals surface area contributed by atoms with Crippen LogP contribution in [0.2, 0.25) is 5.02 Å². The normalized spacial score (nSPS) is 10.3. The molecule has 0 bridgehead atoms. The lowest BCUT2D eigenvalue weighted by Gasteiger charge is -2.07. The fraction of sp³-hybridized carbons (Fsp3) is 0.143. The molecule has 1 amide bonds. The number of aryl methyl sites for hydroxylation is 1. The van der Waals surface area contributed by atoms with Gasteiger partial charge in [0.05, 0.1) is 5.56 Å².